The van der Waals surface area contributed by atoms with Gasteiger partial charge in [-0.1, -0.05) is 30.3 Å². The van der Waals surface area contributed by atoms with Gasteiger partial charge in [-0.25, -0.2) is 0 Å². The highest BCUT2D eigenvalue weighted by atomic mass is 16.5. The quantitative estimate of drug-likeness (QED) is 0.883. The predicted molar refractivity (Wildman–Crippen MR) is 68.3 cm³/mol. The Hall–Kier alpha value is -1.39. The largest absolute Gasteiger partial charge is 0.480 e. The molecule has 1 N–H and O–H groups in total. The number of nitrogens with zero attached hydrogens (tertiary/aromatic N) is 1. The molecule has 1 aliphatic heterocycles. The lowest BCUT2D eigenvalue weighted by molar-refractivity contribution is -0.146. The van der Waals surface area contributed by atoms with Crippen LogP contribution in [0.1, 0.15) is 18.4 Å². The lowest BCUT2D eigenvalue weighted by Gasteiger charge is -2.34. The molecule has 4 heteroatoms. The first-order chi connectivity index (χ1) is 8.66. The molecule has 0 aliphatic carbocycles. The Morgan fingerprint density at radius 3 is 2.72 bits per heavy atom. The molecule has 0 saturated carbocycles. The molecule has 1 heterocycles. The number of piperidine rings is 1. The van der Waals surface area contributed by atoms with Crippen LogP contribution in [0.5, 0.6) is 0 Å². The van der Waals surface area contributed by atoms with E-state index in [-0.39, 0.29) is 12.1 Å². The molecule has 98 valence electrons. The minimum absolute atomic E-state index is 0.130. The molecule has 1 aromatic carbocycles. The summed E-state index contributed by atoms with van der Waals surface area (Å²) in [5.41, 5.74) is 1.15. The topological polar surface area (TPSA) is 49.8 Å². The van der Waals surface area contributed by atoms with Gasteiger partial charge >= 0.3 is 5.97 Å². The SMILES string of the molecule is CN1CC(OCc2ccccc2)CCC1C(=O)O. The van der Waals surface area contributed by atoms with Gasteiger partial charge in [-0.2, -0.15) is 0 Å². The smallest absolute Gasteiger partial charge is 0.320 e. The van der Waals surface area contributed by atoms with Gasteiger partial charge in [0.1, 0.15) is 6.04 Å². The average Bonchev–Trinajstić information content (AvgIpc) is 2.37. The van der Waals surface area contributed by atoms with Crippen LogP contribution in [0.2, 0.25) is 0 Å². The highest BCUT2D eigenvalue weighted by Crippen LogP contribution is 2.19. The van der Waals surface area contributed by atoms with Crippen LogP contribution in [-0.2, 0) is 16.1 Å². The minimum atomic E-state index is -0.737. The zero-order valence-electron chi connectivity index (χ0n) is 10.6. The summed E-state index contributed by atoms with van der Waals surface area (Å²) >= 11 is 0. The summed E-state index contributed by atoms with van der Waals surface area (Å²) in [5, 5.41) is 9.02. The number of carboxylic acid groups (broad SMARTS) is 1. The fraction of sp³-hybridized carbons (Fsp3) is 0.500. The van der Waals surface area contributed by atoms with Crippen LogP contribution in [0, 0.1) is 0 Å². The van der Waals surface area contributed by atoms with Gasteiger partial charge in [0, 0.05) is 6.54 Å². The zero-order valence-corrected chi connectivity index (χ0v) is 10.6. The number of benzene rings is 1. The summed E-state index contributed by atoms with van der Waals surface area (Å²) in [7, 11) is 1.84. The number of carboxylic acids is 1. The van der Waals surface area contributed by atoms with Crippen molar-refractivity contribution in [1.29, 1.82) is 0 Å². The second kappa shape index (κ2) is 5.98. The van der Waals surface area contributed by atoms with Crippen molar-refractivity contribution >= 4 is 5.97 Å². The van der Waals surface area contributed by atoms with Crippen LogP contribution >= 0.6 is 0 Å². The number of rotatable bonds is 4. The van der Waals surface area contributed by atoms with E-state index in [1.807, 2.05) is 42.3 Å². The second-order valence-corrected chi connectivity index (χ2v) is 4.79. The molecule has 0 amide bonds. The molecule has 2 rings (SSSR count). The fourth-order valence-electron chi connectivity index (χ4n) is 2.34. The molecule has 1 fully saturated rings. The average molecular weight is 249 g/mol. The first-order valence-corrected chi connectivity index (χ1v) is 6.25. The van der Waals surface area contributed by atoms with Crippen LogP contribution in [0.25, 0.3) is 0 Å². The van der Waals surface area contributed by atoms with E-state index < -0.39 is 5.97 Å². The predicted octanol–water partition coefficient (Wildman–Crippen LogP) is 1.75. The van der Waals surface area contributed by atoms with Gasteiger partial charge in [0.15, 0.2) is 0 Å². The van der Waals surface area contributed by atoms with Crippen LogP contribution in [-0.4, -0.2) is 41.7 Å². The molecular formula is C14H19NO3. The van der Waals surface area contributed by atoms with E-state index in [0.29, 0.717) is 19.6 Å². The lowest BCUT2D eigenvalue weighted by Crippen LogP contribution is -2.47. The van der Waals surface area contributed by atoms with E-state index in [1.165, 1.54) is 0 Å². The van der Waals surface area contributed by atoms with Gasteiger partial charge in [-0.05, 0) is 25.5 Å². The Morgan fingerprint density at radius 2 is 2.11 bits per heavy atom. The number of likely N-dealkylation sites (tertiary alicyclic amines) is 1. The molecule has 4 nitrogen and oxygen atoms in total. The normalized spacial score (nSPS) is 24.9. The molecule has 0 bridgehead atoms. The summed E-state index contributed by atoms with van der Waals surface area (Å²) in [6.07, 6.45) is 1.60. The number of carbonyl (C=O) groups is 1. The number of ether oxygens (including phenoxy) is 1. The van der Waals surface area contributed by atoms with Crippen LogP contribution in [0.15, 0.2) is 30.3 Å². The van der Waals surface area contributed by atoms with Crippen molar-refractivity contribution in [2.75, 3.05) is 13.6 Å². The first kappa shape index (κ1) is 13.1. The van der Waals surface area contributed by atoms with E-state index in [1.54, 1.807) is 0 Å². The molecular weight excluding hydrogens is 230 g/mol. The molecule has 0 spiro atoms. The third kappa shape index (κ3) is 3.31. The van der Waals surface area contributed by atoms with Crippen molar-refractivity contribution in [1.82, 2.24) is 4.90 Å². The van der Waals surface area contributed by atoms with Gasteiger partial charge in [-0.3, -0.25) is 9.69 Å². The second-order valence-electron chi connectivity index (χ2n) is 4.79. The number of likely N-dealkylation sites (N-methyl/N-ethyl adjacent to an activating group) is 1. The standard InChI is InChI=1S/C14H19NO3/c1-15-9-12(7-8-13(15)14(16)17)18-10-11-5-3-2-4-6-11/h2-6,12-13H,7-10H2,1H3,(H,16,17). The molecule has 2 atom stereocenters. The van der Waals surface area contributed by atoms with Gasteiger partial charge in [-0.15, -0.1) is 0 Å². The van der Waals surface area contributed by atoms with Gasteiger partial charge in [0.2, 0.25) is 0 Å². The Bertz CT molecular complexity index is 393. The van der Waals surface area contributed by atoms with Gasteiger partial charge < -0.3 is 9.84 Å². The molecule has 1 saturated heterocycles. The van der Waals surface area contributed by atoms with Crippen molar-refractivity contribution in [2.24, 2.45) is 0 Å². The van der Waals surface area contributed by atoms with E-state index in [2.05, 4.69) is 0 Å². The molecule has 1 aromatic rings. The summed E-state index contributed by atoms with van der Waals surface area (Å²) in [5.74, 6) is -0.737. The van der Waals surface area contributed by atoms with E-state index in [4.69, 9.17) is 9.84 Å². The Morgan fingerprint density at radius 1 is 1.39 bits per heavy atom. The van der Waals surface area contributed by atoms with Crippen molar-refractivity contribution in [3.05, 3.63) is 35.9 Å². The Balaban J connectivity index is 1.81. The van der Waals surface area contributed by atoms with E-state index in [0.717, 1.165) is 12.0 Å². The highest BCUT2D eigenvalue weighted by Gasteiger charge is 2.30. The van der Waals surface area contributed by atoms with Crippen molar-refractivity contribution in [2.45, 2.75) is 31.6 Å². The Labute approximate surface area is 107 Å². The minimum Gasteiger partial charge on any atom is -0.480 e. The molecule has 0 aromatic heterocycles. The first-order valence-electron chi connectivity index (χ1n) is 6.25. The van der Waals surface area contributed by atoms with E-state index in [9.17, 15) is 4.79 Å². The third-order valence-electron chi connectivity index (χ3n) is 3.40. The van der Waals surface area contributed by atoms with Crippen LogP contribution < -0.4 is 0 Å². The van der Waals surface area contributed by atoms with Crippen LogP contribution in [0.4, 0.5) is 0 Å². The Kier molecular flexibility index (Phi) is 4.33. The highest BCUT2D eigenvalue weighted by molar-refractivity contribution is 5.73. The molecule has 0 radical (unpaired) electrons. The van der Waals surface area contributed by atoms with Gasteiger partial charge in [0.25, 0.3) is 0 Å². The maximum Gasteiger partial charge on any atom is 0.320 e. The molecule has 1 aliphatic rings. The summed E-state index contributed by atoms with van der Waals surface area (Å²) in [6.45, 7) is 1.28. The summed E-state index contributed by atoms with van der Waals surface area (Å²) < 4.78 is 5.83. The third-order valence-corrected chi connectivity index (χ3v) is 3.40. The number of hydrogen-bond donors (Lipinski definition) is 1. The van der Waals surface area contributed by atoms with Crippen molar-refractivity contribution < 1.29 is 14.6 Å². The molecule has 2 unspecified atom stereocenters. The number of aliphatic carboxylic acids is 1. The van der Waals surface area contributed by atoms with Crippen molar-refractivity contribution in [3.8, 4) is 0 Å². The maximum absolute atomic E-state index is 11.0. The molecule has 18 heavy (non-hydrogen) atoms. The van der Waals surface area contributed by atoms with Gasteiger partial charge in [0.05, 0.1) is 12.7 Å². The maximum atomic E-state index is 11.0. The van der Waals surface area contributed by atoms with E-state index >= 15 is 0 Å². The fourth-order valence-corrected chi connectivity index (χ4v) is 2.34. The monoisotopic (exact) mass is 249 g/mol. The van der Waals surface area contributed by atoms with Crippen molar-refractivity contribution in [3.63, 3.8) is 0 Å². The summed E-state index contributed by atoms with van der Waals surface area (Å²) in [4.78, 5) is 12.8. The lowest BCUT2D eigenvalue weighted by atomic mass is 10.0. The van der Waals surface area contributed by atoms with Crippen LogP contribution in [0.3, 0.4) is 0 Å². The number of hydrogen-bond acceptors (Lipinski definition) is 3. The zero-order chi connectivity index (χ0) is 13.0. The summed E-state index contributed by atoms with van der Waals surface area (Å²) in [6, 6.07) is 9.67.